The van der Waals surface area contributed by atoms with Crippen molar-refractivity contribution in [1.29, 1.82) is 0 Å². The van der Waals surface area contributed by atoms with Crippen molar-refractivity contribution in [3.63, 3.8) is 0 Å². The molecule has 0 saturated heterocycles. The average Bonchev–Trinajstić information content (AvgIpc) is 3.14. The van der Waals surface area contributed by atoms with Crippen molar-refractivity contribution in [2.24, 2.45) is 5.92 Å². The summed E-state index contributed by atoms with van der Waals surface area (Å²) in [6.07, 6.45) is 13.0. The van der Waals surface area contributed by atoms with Crippen molar-refractivity contribution >= 4 is 24.0 Å². The maximum atomic E-state index is 2.37. The van der Waals surface area contributed by atoms with Gasteiger partial charge in [-0.05, 0) is 25.7 Å². The Bertz CT molecular complexity index is 640. The molecule has 2 aromatic rings. The minimum absolute atomic E-state index is 0. The van der Waals surface area contributed by atoms with Crippen LogP contribution >= 0.6 is 7.92 Å². The molecule has 1 atom stereocenters. The first-order valence-corrected chi connectivity index (χ1v) is 10.0. The second kappa shape index (κ2) is 11.5. The van der Waals surface area contributed by atoms with E-state index >= 15 is 0 Å². The van der Waals surface area contributed by atoms with Crippen molar-refractivity contribution in [2.45, 2.75) is 19.3 Å². The molecule has 1 fully saturated rings. The van der Waals surface area contributed by atoms with Gasteiger partial charge in [-0.1, -0.05) is 12.5 Å². The van der Waals surface area contributed by atoms with E-state index in [2.05, 4.69) is 74.4 Å². The Balaban J connectivity index is 0.000000402. The zero-order valence-electron chi connectivity index (χ0n) is 14.2. The molecule has 1 saturated carbocycles. The first-order chi connectivity index (χ1) is 10.2. The predicted octanol–water partition coefficient (Wildman–Crippen LogP) is -0.582. The zero-order valence-corrected chi connectivity index (χ0v) is 18.1. The van der Waals surface area contributed by atoms with Crippen molar-refractivity contribution < 1.29 is 46.5 Å². The summed E-state index contributed by atoms with van der Waals surface area (Å²) in [5.41, 5.74) is 1.58. The minimum atomic E-state index is 0. The van der Waals surface area contributed by atoms with E-state index in [1.807, 2.05) is 0 Å². The molecule has 0 aromatic heterocycles. The molecule has 0 radical (unpaired) electrons. The van der Waals surface area contributed by atoms with Crippen LogP contribution in [-0.2, 0) is 21.7 Å². The standard InChI is InChI=1S/C11H12P.C9H11.2ClH.Ti/c1-12(2)11-7-9-5-3-4-6-10(9)8-11;1-2-5-9-7-3-6-8(9)4-1;;;/h3-8H,1-2H3;1-2,4,6,9H,3,5,7H2;2*1H;/q2*-1;;;+4/p-2. The molecule has 1 unspecified atom stereocenters. The second-order valence-corrected chi connectivity index (χ2v) is 8.35. The van der Waals surface area contributed by atoms with Crippen LogP contribution in [-0.4, -0.2) is 13.3 Å². The van der Waals surface area contributed by atoms with Crippen LogP contribution in [0.1, 0.15) is 19.3 Å². The van der Waals surface area contributed by atoms with Gasteiger partial charge in [0.2, 0.25) is 0 Å². The summed E-state index contributed by atoms with van der Waals surface area (Å²) < 4.78 is 0. The fourth-order valence-corrected chi connectivity index (χ4v) is 3.85. The van der Waals surface area contributed by atoms with E-state index in [1.165, 1.54) is 35.3 Å². The summed E-state index contributed by atoms with van der Waals surface area (Å²) in [6, 6.07) is 13.2. The van der Waals surface area contributed by atoms with E-state index in [0.717, 1.165) is 5.92 Å². The fraction of sp³-hybridized carbons (Fsp3) is 0.300. The van der Waals surface area contributed by atoms with E-state index in [0.29, 0.717) is 0 Å². The first kappa shape index (κ1) is 23.9. The topological polar surface area (TPSA) is 0 Å². The minimum Gasteiger partial charge on any atom is -1.00 e. The van der Waals surface area contributed by atoms with Crippen LogP contribution < -0.4 is 30.1 Å². The van der Waals surface area contributed by atoms with E-state index < -0.39 is 0 Å². The van der Waals surface area contributed by atoms with Crippen LogP contribution in [0, 0.1) is 12.3 Å². The van der Waals surface area contributed by atoms with Gasteiger partial charge in [-0.15, -0.1) is 66.8 Å². The fourth-order valence-electron chi connectivity index (χ4n) is 3.06. The van der Waals surface area contributed by atoms with Gasteiger partial charge in [0.1, 0.15) is 0 Å². The Morgan fingerprint density at radius 1 is 1.12 bits per heavy atom. The third-order valence-corrected chi connectivity index (χ3v) is 5.62. The molecule has 0 heterocycles. The normalized spacial score (nSPS) is 17.3. The summed E-state index contributed by atoms with van der Waals surface area (Å²) in [7, 11) is 0.0576. The number of fused-ring (bicyclic) bond motifs is 2. The molecule has 2 aromatic carbocycles. The average molecular weight is 413 g/mol. The van der Waals surface area contributed by atoms with Crippen LogP contribution in [0.3, 0.4) is 0 Å². The van der Waals surface area contributed by atoms with Gasteiger partial charge in [0.05, 0.1) is 0 Å². The van der Waals surface area contributed by atoms with Crippen LogP contribution in [0.25, 0.3) is 10.8 Å². The van der Waals surface area contributed by atoms with Gasteiger partial charge in [-0.25, -0.2) is 18.1 Å². The van der Waals surface area contributed by atoms with Crippen molar-refractivity contribution in [2.75, 3.05) is 13.3 Å². The van der Waals surface area contributed by atoms with Crippen molar-refractivity contribution in [3.05, 3.63) is 66.6 Å². The summed E-state index contributed by atoms with van der Waals surface area (Å²) in [5.74, 6) is 0.884. The van der Waals surface area contributed by atoms with E-state index in [1.54, 1.807) is 5.57 Å². The van der Waals surface area contributed by atoms with E-state index in [4.69, 9.17) is 0 Å². The predicted molar refractivity (Wildman–Crippen MR) is 96.8 cm³/mol. The van der Waals surface area contributed by atoms with Gasteiger partial charge in [-0.3, -0.25) is 0 Å². The maximum Gasteiger partial charge on any atom is 4.00 e. The number of benzene rings is 1. The van der Waals surface area contributed by atoms with Crippen molar-refractivity contribution in [1.82, 2.24) is 0 Å². The molecule has 0 N–H and O–H groups in total. The number of hydrogen-bond donors (Lipinski definition) is 0. The zero-order chi connectivity index (χ0) is 14.7. The molecule has 2 aliphatic rings. The second-order valence-electron chi connectivity index (χ2n) is 6.05. The van der Waals surface area contributed by atoms with Gasteiger partial charge in [-0.2, -0.15) is 6.07 Å². The van der Waals surface area contributed by atoms with Gasteiger partial charge in [0, 0.05) is 0 Å². The van der Waals surface area contributed by atoms with Crippen LogP contribution in [0.4, 0.5) is 0 Å². The van der Waals surface area contributed by atoms with Crippen LogP contribution in [0.2, 0.25) is 0 Å². The van der Waals surface area contributed by atoms with Crippen LogP contribution in [0.5, 0.6) is 0 Å². The summed E-state index contributed by atoms with van der Waals surface area (Å²) in [4.78, 5) is 0. The van der Waals surface area contributed by atoms with E-state index in [9.17, 15) is 0 Å². The molecular weight excluding hydrogens is 390 g/mol. The molecular formula is C20H23Cl2PTi. The summed E-state index contributed by atoms with van der Waals surface area (Å²) in [6.45, 7) is 4.59. The number of halogens is 2. The summed E-state index contributed by atoms with van der Waals surface area (Å²) in [5, 5.41) is 4.26. The number of hydrogen-bond acceptors (Lipinski definition) is 0. The van der Waals surface area contributed by atoms with Gasteiger partial charge < -0.3 is 24.8 Å². The Morgan fingerprint density at radius 3 is 2.54 bits per heavy atom. The smallest absolute Gasteiger partial charge is 1.00 e. The SMILES string of the molecule is C1=CCC2CC[CH-]C2=C1.CP(C)c1cc2ccccc2[cH-]1.[Cl-].[Cl-].[Ti+4]. The van der Waals surface area contributed by atoms with E-state index in [-0.39, 0.29) is 54.5 Å². The quantitative estimate of drug-likeness (QED) is 0.334. The third kappa shape index (κ3) is 6.01. The molecule has 0 spiro atoms. The van der Waals surface area contributed by atoms with Gasteiger partial charge in [0.15, 0.2) is 0 Å². The number of rotatable bonds is 1. The molecule has 2 aliphatic carbocycles. The molecule has 4 heteroatoms. The Kier molecular flexibility index (Phi) is 11.5. The molecule has 0 amide bonds. The Hall–Kier alpha value is -0.0957. The number of allylic oxidation sites excluding steroid dienone is 4. The van der Waals surface area contributed by atoms with Gasteiger partial charge >= 0.3 is 21.7 Å². The monoisotopic (exact) mass is 412 g/mol. The first-order valence-electron chi connectivity index (χ1n) is 7.77. The molecule has 0 nitrogen and oxygen atoms in total. The molecule has 4 rings (SSSR count). The Morgan fingerprint density at radius 2 is 1.88 bits per heavy atom. The molecule has 0 bridgehead atoms. The van der Waals surface area contributed by atoms with Crippen molar-refractivity contribution in [3.8, 4) is 0 Å². The molecule has 126 valence electrons. The third-order valence-electron chi connectivity index (χ3n) is 4.33. The Labute approximate surface area is 175 Å². The molecule has 24 heavy (non-hydrogen) atoms. The largest absolute Gasteiger partial charge is 4.00 e. The van der Waals surface area contributed by atoms with Crippen LogP contribution in [0.15, 0.2) is 60.2 Å². The maximum absolute atomic E-state index is 2.37. The molecule has 0 aliphatic heterocycles. The van der Waals surface area contributed by atoms with Gasteiger partial charge in [0.25, 0.3) is 0 Å². The summed E-state index contributed by atoms with van der Waals surface area (Å²) >= 11 is 0.